The zero-order chi connectivity index (χ0) is 20.4. The topological polar surface area (TPSA) is 76.0 Å². The number of nitrogens with zero attached hydrogens (tertiary/aromatic N) is 2. The molecule has 0 spiro atoms. The Kier molecular flexibility index (Phi) is 5.65. The Morgan fingerprint density at radius 1 is 1.10 bits per heavy atom. The highest BCUT2D eigenvalue weighted by Crippen LogP contribution is 2.39. The number of rotatable bonds is 5. The van der Waals surface area contributed by atoms with Gasteiger partial charge in [-0.15, -0.1) is 0 Å². The maximum absolute atomic E-state index is 12.6. The summed E-state index contributed by atoms with van der Waals surface area (Å²) in [6.07, 6.45) is 0.195. The summed E-state index contributed by atoms with van der Waals surface area (Å²) >= 11 is 1.41. The quantitative estimate of drug-likeness (QED) is 0.726. The Morgan fingerprint density at radius 3 is 2.52 bits per heavy atom. The van der Waals surface area contributed by atoms with Crippen molar-refractivity contribution < 1.29 is 17.9 Å². The number of ether oxygens (including phenoxy) is 1. The fraction of sp³-hybridized carbons (Fsp3) is 0.333. The highest BCUT2D eigenvalue weighted by atomic mass is 32.2. The number of hydrogen-bond donors (Lipinski definition) is 0. The van der Waals surface area contributed by atoms with E-state index in [9.17, 15) is 13.2 Å². The molecule has 0 bridgehead atoms. The van der Waals surface area contributed by atoms with Gasteiger partial charge < -0.3 is 9.64 Å². The van der Waals surface area contributed by atoms with Crippen LogP contribution in [0, 0.1) is 0 Å². The van der Waals surface area contributed by atoms with E-state index in [0.29, 0.717) is 11.7 Å². The molecule has 0 aromatic heterocycles. The molecule has 6 nitrogen and oxygen atoms in total. The van der Waals surface area contributed by atoms with Gasteiger partial charge in [-0.05, 0) is 23.3 Å². The highest BCUT2D eigenvalue weighted by molar-refractivity contribution is 8.15. The Balaban J connectivity index is 1.54. The summed E-state index contributed by atoms with van der Waals surface area (Å²) in [6, 6.07) is 17.0. The van der Waals surface area contributed by atoms with Crippen LogP contribution in [0.5, 0.6) is 5.75 Å². The van der Waals surface area contributed by atoms with Crippen molar-refractivity contribution in [3.63, 3.8) is 0 Å². The van der Waals surface area contributed by atoms with Gasteiger partial charge in [-0.3, -0.25) is 4.79 Å². The molecule has 2 atom stereocenters. The SMILES string of the molecule is COc1ccc(CC(=O)N=C2SC3CS(=O)(=O)CC3N2Cc2ccccc2)cc1. The van der Waals surface area contributed by atoms with Crippen molar-refractivity contribution in [1.82, 2.24) is 4.90 Å². The second-order valence-electron chi connectivity index (χ2n) is 7.23. The maximum Gasteiger partial charge on any atom is 0.252 e. The Hall–Kier alpha value is -2.32. The van der Waals surface area contributed by atoms with E-state index in [1.54, 1.807) is 7.11 Å². The van der Waals surface area contributed by atoms with Crippen molar-refractivity contribution in [2.45, 2.75) is 24.3 Å². The first-order chi connectivity index (χ1) is 13.9. The van der Waals surface area contributed by atoms with E-state index in [1.807, 2.05) is 59.5 Å². The molecule has 2 aromatic rings. The summed E-state index contributed by atoms with van der Waals surface area (Å²) in [7, 11) is -1.45. The molecule has 2 heterocycles. The van der Waals surface area contributed by atoms with Crippen LogP contribution in [-0.2, 0) is 27.6 Å². The first kappa shape index (κ1) is 20.0. The van der Waals surface area contributed by atoms with Crippen LogP contribution in [0.4, 0.5) is 0 Å². The zero-order valence-corrected chi connectivity index (χ0v) is 17.7. The minimum atomic E-state index is -3.05. The number of thioether (sulfide) groups is 1. The van der Waals surface area contributed by atoms with Gasteiger partial charge in [-0.1, -0.05) is 54.2 Å². The third-order valence-electron chi connectivity index (χ3n) is 5.11. The van der Waals surface area contributed by atoms with E-state index in [0.717, 1.165) is 16.9 Å². The largest absolute Gasteiger partial charge is 0.497 e. The molecule has 152 valence electrons. The molecular weight excluding hydrogens is 408 g/mol. The average Bonchev–Trinajstić information content (AvgIpc) is 3.15. The lowest BCUT2D eigenvalue weighted by molar-refractivity contribution is -0.117. The van der Waals surface area contributed by atoms with Crippen molar-refractivity contribution in [1.29, 1.82) is 0 Å². The number of benzene rings is 2. The molecule has 2 aliphatic rings. The molecule has 2 aliphatic heterocycles. The number of sulfone groups is 1. The van der Waals surface area contributed by atoms with E-state index >= 15 is 0 Å². The number of hydrogen-bond acceptors (Lipinski definition) is 5. The van der Waals surface area contributed by atoms with Crippen molar-refractivity contribution >= 4 is 32.7 Å². The maximum atomic E-state index is 12.6. The number of carbonyl (C=O) groups excluding carboxylic acids is 1. The molecule has 2 saturated heterocycles. The van der Waals surface area contributed by atoms with Crippen LogP contribution >= 0.6 is 11.8 Å². The summed E-state index contributed by atoms with van der Waals surface area (Å²) in [5, 5.41) is 0.550. The molecular formula is C21H22N2O4S2. The molecule has 29 heavy (non-hydrogen) atoms. The van der Waals surface area contributed by atoms with E-state index in [1.165, 1.54) is 11.8 Å². The van der Waals surface area contributed by atoms with E-state index in [2.05, 4.69) is 4.99 Å². The van der Waals surface area contributed by atoms with E-state index in [4.69, 9.17) is 4.74 Å². The van der Waals surface area contributed by atoms with Gasteiger partial charge in [0.05, 0.1) is 31.1 Å². The fourth-order valence-corrected chi connectivity index (χ4v) is 7.63. The van der Waals surface area contributed by atoms with Crippen molar-refractivity contribution in [3.05, 3.63) is 65.7 Å². The van der Waals surface area contributed by atoms with Gasteiger partial charge in [0.1, 0.15) is 5.75 Å². The third-order valence-corrected chi connectivity index (χ3v) is 8.35. The zero-order valence-electron chi connectivity index (χ0n) is 16.0. The first-order valence-corrected chi connectivity index (χ1v) is 12.1. The molecule has 1 amide bonds. The van der Waals surface area contributed by atoms with Crippen molar-refractivity contribution in [2.24, 2.45) is 4.99 Å². The van der Waals surface area contributed by atoms with Crippen LogP contribution in [-0.4, -0.2) is 54.3 Å². The molecule has 2 fully saturated rings. The molecule has 0 saturated carbocycles. The molecule has 0 aliphatic carbocycles. The Bertz CT molecular complexity index is 1020. The normalized spacial score (nSPS) is 23.9. The van der Waals surface area contributed by atoms with Crippen molar-refractivity contribution in [3.8, 4) is 5.75 Å². The predicted octanol–water partition coefficient (Wildman–Crippen LogP) is 2.53. The minimum Gasteiger partial charge on any atom is -0.497 e. The second-order valence-corrected chi connectivity index (χ2v) is 10.6. The van der Waals surface area contributed by atoms with Crippen LogP contribution in [0.1, 0.15) is 11.1 Å². The van der Waals surface area contributed by atoms with Gasteiger partial charge in [0, 0.05) is 11.8 Å². The van der Waals surface area contributed by atoms with Gasteiger partial charge in [0.2, 0.25) is 0 Å². The highest BCUT2D eigenvalue weighted by Gasteiger charge is 2.48. The standard InChI is InChI=1S/C21H22N2O4S2/c1-27-17-9-7-15(8-10-17)11-20(24)22-21-23(12-16-5-3-2-4-6-16)18-13-29(25,26)14-19(18)28-21/h2-10,18-19H,11-14H2,1H3. The van der Waals surface area contributed by atoms with Crippen LogP contribution in [0.3, 0.4) is 0 Å². The average molecular weight is 431 g/mol. The van der Waals surface area contributed by atoms with Gasteiger partial charge in [0.15, 0.2) is 15.0 Å². The van der Waals surface area contributed by atoms with Gasteiger partial charge in [0.25, 0.3) is 5.91 Å². The van der Waals surface area contributed by atoms with Gasteiger partial charge in [-0.25, -0.2) is 8.42 Å². The molecule has 0 N–H and O–H groups in total. The van der Waals surface area contributed by atoms with Gasteiger partial charge in [-0.2, -0.15) is 4.99 Å². The third kappa shape index (κ3) is 4.64. The van der Waals surface area contributed by atoms with Crippen LogP contribution in [0.15, 0.2) is 59.6 Å². The minimum absolute atomic E-state index is 0.0729. The molecule has 8 heteroatoms. The molecule has 4 rings (SSSR count). The smallest absolute Gasteiger partial charge is 0.252 e. The summed E-state index contributed by atoms with van der Waals surface area (Å²) in [5.41, 5.74) is 1.92. The van der Waals surface area contributed by atoms with Crippen LogP contribution in [0.25, 0.3) is 0 Å². The second kappa shape index (κ2) is 8.20. The van der Waals surface area contributed by atoms with Crippen LogP contribution in [0.2, 0.25) is 0 Å². The van der Waals surface area contributed by atoms with Crippen molar-refractivity contribution in [2.75, 3.05) is 18.6 Å². The number of aliphatic imine (C=N–C) groups is 1. The summed E-state index contributed by atoms with van der Waals surface area (Å²) < 4.78 is 29.4. The summed E-state index contributed by atoms with van der Waals surface area (Å²) in [4.78, 5) is 18.9. The van der Waals surface area contributed by atoms with E-state index in [-0.39, 0.29) is 35.1 Å². The summed E-state index contributed by atoms with van der Waals surface area (Å²) in [6.45, 7) is 0.541. The first-order valence-electron chi connectivity index (χ1n) is 9.35. The lowest BCUT2D eigenvalue weighted by atomic mass is 10.1. The fourth-order valence-electron chi connectivity index (χ4n) is 3.66. The molecule has 2 aromatic carbocycles. The van der Waals surface area contributed by atoms with Gasteiger partial charge >= 0.3 is 0 Å². The lowest BCUT2D eigenvalue weighted by Gasteiger charge is -2.24. The lowest BCUT2D eigenvalue weighted by Crippen LogP contribution is -2.37. The monoisotopic (exact) mass is 430 g/mol. The number of fused-ring (bicyclic) bond motifs is 1. The summed E-state index contributed by atoms with van der Waals surface area (Å²) in [5.74, 6) is 0.753. The number of amides is 1. The predicted molar refractivity (Wildman–Crippen MR) is 115 cm³/mol. The number of carbonyl (C=O) groups is 1. The van der Waals surface area contributed by atoms with E-state index < -0.39 is 9.84 Å². The van der Waals surface area contributed by atoms with Crippen LogP contribution < -0.4 is 4.74 Å². The number of amidine groups is 1. The molecule has 0 radical (unpaired) electrons. The Morgan fingerprint density at radius 2 is 1.83 bits per heavy atom. The molecule has 2 unspecified atom stereocenters. The Labute approximate surface area is 174 Å². The number of methoxy groups -OCH3 is 1.